The average molecular weight is 423 g/mol. The molecule has 0 saturated heterocycles. The summed E-state index contributed by atoms with van der Waals surface area (Å²) in [7, 11) is 0. The van der Waals surface area contributed by atoms with Crippen molar-refractivity contribution in [1.29, 1.82) is 0 Å². The summed E-state index contributed by atoms with van der Waals surface area (Å²) in [6.45, 7) is 4.24. The highest BCUT2D eigenvalue weighted by molar-refractivity contribution is 6.44. The van der Waals surface area contributed by atoms with Gasteiger partial charge in [0, 0.05) is 17.4 Å². The summed E-state index contributed by atoms with van der Waals surface area (Å²) in [5.74, 6) is 0.214. The molecule has 0 radical (unpaired) electrons. The molecule has 0 aliphatic heterocycles. The number of halogens is 2. The molecule has 1 aromatic rings. The molecule has 1 aromatic carbocycles. The van der Waals surface area contributed by atoms with E-state index in [2.05, 4.69) is 6.92 Å². The van der Waals surface area contributed by atoms with Crippen molar-refractivity contribution in [2.24, 2.45) is 5.41 Å². The minimum absolute atomic E-state index is 0.0723. The molecule has 1 atom stereocenters. The van der Waals surface area contributed by atoms with Crippen LogP contribution in [-0.4, -0.2) is 24.0 Å². The molecular weight excluding hydrogens is 399 g/mol. The van der Waals surface area contributed by atoms with Crippen LogP contribution in [0.5, 0.6) is 5.75 Å². The van der Waals surface area contributed by atoms with E-state index in [1.165, 1.54) is 0 Å². The number of ether oxygens (including phenoxy) is 2. The van der Waals surface area contributed by atoms with Crippen LogP contribution in [0.15, 0.2) is 12.1 Å². The number of esters is 1. The smallest absolute Gasteiger partial charge is 0.350 e. The Hall–Kier alpha value is -1.52. The normalized spacial score (nSPS) is 24.7. The standard InChI is InChI=1S/C22H24Cl2O4/c1-3-21-9-6-14(25)11-15(21)17-13(12-21)10-16(18(23)19(17)24)28-22(7-5-8-22)20(26)27-4-2/h10-11H,3-9,12H2,1-2H3. The maximum Gasteiger partial charge on any atom is 0.350 e. The van der Waals surface area contributed by atoms with Crippen LogP contribution >= 0.6 is 23.2 Å². The van der Waals surface area contributed by atoms with Gasteiger partial charge in [0.2, 0.25) is 5.60 Å². The molecule has 1 fully saturated rings. The molecule has 3 aliphatic rings. The van der Waals surface area contributed by atoms with Crippen LogP contribution in [0.1, 0.15) is 63.5 Å². The maximum absolute atomic E-state index is 12.5. The predicted octanol–water partition coefficient (Wildman–Crippen LogP) is 5.56. The second-order valence-electron chi connectivity index (χ2n) is 8.04. The largest absolute Gasteiger partial charge is 0.474 e. The van der Waals surface area contributed by atoms with E-state index in [0.29, 0.717) is 41.7 Å². The van der Waals surface area contributed by atoms with Crippen LogP contribution in [0.4, 0.5) is 0 Å². The highest BCUT2D eigenvalue weighted by atomic mass is 35.5. The lowest BCUT2D eigenvalue weighted by molar-refractivity contribution is -0.169. The highest BCUT2D eigenvalue weighted by Crippen LogP contribution is 2.58. The third kappa shape index (κ3) is 2.88. The van der Waals surface area contributed by atoms with E-state index >= 15 is 0 Å². The molecule has 0 N–H and O–H groups in total. The fraction of sp³-hybridized carbons (Fsp3) is 0.545. The molecule has 0 spiro atoms. The Morgan fingerprint density at radius 3 is 2.54 bits per heavy atom. The molecule has 4 nitrogen and oxygen atoms in total. The van der Waals surface area contributed by atoms with Gasteiger partial charge in [-0.25, -0.2) is 4.79 Å². The first-order valence-corrected chi connectivity index (χ1v) is 10.7. The summed E-state index contributed by atoms with van der Waals surface area (Å²) in [6, 6.07) is 1.91. The number of ketones is 1. The van der Waals surface area contributed by atoms with Gasteiger partial charge in [0.05, 0.1) is 11.6 Å². The number of carbonyl (C=O) groups excluding carboxylic acids is 2. The van der Waals surface area contributed by atoms with Gasteiger partial charge in [0.1, 0.15) is 10.8 Å². The zero-order valence-electron chi connectivity index (χ0n) is 16.2. The first-order chi connectivity index (χ1) is 13.4. The Labute approximate surface area is 175 Å². The minimum atomic E-state index is -0.972. The van der Waals surface area contributed by atoms with Gasteiger partial charge in [0.25, 0.3) is 0 Å². The van der Waals surface area contributed by atoms with Gasteiger partial charge in [-0.1, -0.05) is 30.1 Å². The second kappa shape index (κ2) is 7.07. The van der Waals surface area contributed by atoms with E-state index in [1.807, 2.05) is 6.07 Å². The van der Waals surface area contributed by atoms with Crippen molar-refractivity contribution in [3.63, 3.8) is 0 Å². The van der Waals surface area contributed by atoms with Crippen molar-refractivity contribution in [3.8, 4) is 5.75 Å². The van der Waals surface area contributed by atoms with Crippen LogP contribution in [0.25, 0.3) is 5.57 Å². The lowest BCUT2D eigenvalue weighted by Gasteiger charge is -2.39. The Kier molecular flexibility index (Phi) is 4.99. The van der Waals surface area contributed by atoms with Crippen LogP contribution < -0.4 is 4.74 Å². The summed E-state index contributed by atoms with van der Waals surface area (Å²) in [4.78, 5) is 24.5. The Morgan fingerprint density at radius 2 is 1.93 bits per heavy atom. The Morgan fingerprint density at radius 1 is 1.18 bits per heavy atom. The van der Waals surface area contributed by atoms with E-state index < -0.39 is 5.60 Å². The fourth-order valence-electron chi connectivity index (χ4n) is 4.74. The van der Waals surface area contributed by atoms with Crippen molar-refractivity contribution < 1.29 is 19.1 Å². The van der Waals surface area contributed by atoms with Crippen molar-refractivity contribution in [2.75, 3.05) is 6.61 Å². The number of fused-ring (bicyclic) bond motifs is 3. The number of hydrogen-bond donors (Lipinski definition) is 0. The second-order valence-corrected chi connectivity index (χ2v) is 8.80. The molecule has 1 saturated carbocycles. The molecule has 150 valence electrons. The molecule has 28 heavy (non-hydrogen) atoms. The van der Waals surface area contributed by atoms with Gasteiger partial charge in [-0.2, -0.15) is 0 Å². The van der Waals surface area contributed by atoms with Crippen LogP contribution in [0.3, 0.4) is 0 Å². The monoisotopic (exact) mass is 422 g/mol. The highest BCUT2D eigenvalue weighted by Gasteiger charge is 2.50. The first kappa shape index (κ1) is 19.8. The average Bonchev–Trinajstić information content (AvgIpc) is 2.96. The van der Waals surface area contributed by atoms with E-state index in [4.69, 9.17) is 32.7 Å². The van der Waals surface area contributed by atoms with Crippen molar-refractivity contribution in [2.45, 2.75) is 64.4 Å². The summed E-state index contributed by atoms with van der Waals surface area (Å²) in [6.07, 6.45) is 6.97. The van der Waals surface area contributed by atoms with Crippen LogP contribution in [0.2, 0.25) is 10.0 Å². The van der Waals surface area contributed by atoms with Gasteiger partial charge in [-0.05, 0) is 68.7 Å². The van der Waals surface area contributed by atoms with Gasteiger partial charge >= 0.3 is 5.97 Å². The van der Waals surface area contributed by atoms with Gasteiger partial charge < -0.3 is 9.47 Å². The summed E-state index contributed by atoms with van der Waals surface area (Å²) < 4.78 is 11.4. The molecule has 0 amide bonds. The zero-order valence-corrected chi connectivity index (χ0v) is 17.7. The number of allylic oxidation sites excluding steroid dienone is 2. The Bertz CT molecular complexity index is 885. The first-order valence-electron chi connectivity index (χ1n) is 9.98. The van der Waals surface area contributed by atoms with Crippen LogP contribution in [0, 0.1) is 5.41 Å². The van der Waals surface area contributed by atoms with Crippen LogP contribution in [-0.2, 0) is 20.7 Å². The lowest BCUT2D eigenvalue weighted by atomic mass is 9.71. The van der Waals surface area contributed by atoms with E-state index in [9.17, 15) is 9.59 Å². The third-order valence-corrected chi connectivity index (χ3v) is 7.42. The molecule has 0 aromatic heterocycles. The SMILES string of the molecule is CCOC(=O)C1(Oc2cc3c(c(Cl)c2Cl)C2=CC(=O)CCC2(CC)C3)CCC1. The Balaban J connectivity index is 1.75. The van der Waals surface area contributed by atoms with E-state index in [-0.39, 0.29) is 17.2 Å². The van der Waals surface area contributed by atoms with Gasteiger partial charge in [-0.3, -0.25) is 4.79 Å². The fourth-order valence-corrected chi connectivity index (χ4v) is 5.24. The molecule has 3 aliphatic carbocycles. The number of rotatable bonds is 5. The predicted molar refractivity (Wildman–Crippen MR) is 109 cm³/mol. The molecule has 6 heteroatoms. The third-order valence-electron chi connectivity index (χ3n) is 6.57. The topological polar surface area (TPSA) is 52.6 Å². The van der Waals surface area contributed by atoms with Crippen molar-refractivity contribution in [3.05, 3.63) is 33.3 Å². The molecule has 0 bridgehead atoms. The lowest BCUT2D eigenvalue weighted by Crippen LogP contribution is -2.51. The van der Waals surface area contributed by atoms with Crippen molar-refractivity contribution >= 4 is 40.5 Å². The number of benzene rings is 1. The maximum atomic E-state index is 12.5. The molecular formula is C22H24Cl2O4. The quantitative estimate of drug-likeness (QED) is 0.582. The summed E-state index contributed by atoms with van der Waals surface area (Å²) in [5.41, 5.74) is 1.86. The summed E-state index contributed by atoms with van der Waals surface area (Å²) >= 11 is 13.3. The number of hydrogen-bond acceptors (Lipinski definition) is 4. The number of carbonyl (C=O) groups is 2. The molecule has 0 heterocycles. The summed E-state index contributed by atoms with van der Waals surface area (Å²) in [5, 5.41) is 0.700. The van der Waals surface area contributed by atoms with Gasteiger partial charge in [-0.15, -0.1) is 0 Å². The van der Waals surface area contributed by atoms with E-state index in [0.717, 1.165) is 42.4 Å². The molecule has 1 unspecified atom stereocenters. The zero-order chi connectivity index (χ0) is 20.1. The van der Waals surface area contributed by atoms with Crippen molar-refractivity contribution in [1.82, 2.24) is 0 Å². The molecule has 4 rings (SSSR count). The van der Waals surface area contributed by atoms with E-state index in [1.54, 1.807) is 13.0 Å². The van der Waals surface area contributed by atoms with Gasteiger partial charge in [0.15, 0.2) is 5.78 Å². The minimum Gasteiger partial charge on any atom is -0.474 e.